The Morgan fingerprint density at radius 2 is 1.00 bits per heavy atom. The summed E-state index contributed by atoms with van der Waals surface area (Å²) in [5.74, 6) is -2.36. The van der Waals surface area contributed by atoms with Crippen LogP contribution in [0.25, 0.3) is 11.4 Å². The Balaban J connectivity index is 0.000000242. The van der Waals surface area contributed by atoms with Gasteiger partial charge in [0.15, 0.2) is 11.6 Å². The number of carboxylic acid groups (broad SMARTS) is 1. The van der Waals surface area contributed by atoms with E-state index in [-0.39, 0.29) is 33.9 Å². The highest BCUT2D eigenvalue weighted by Crippen LogP contribution is 2.39. The zero-order valence-corrected chi connectivity index (χ0v) is 41.8. The molecule has 356 valence electrons. The number of aromatic nitrogens is 6. The summed E-state index contributed by atoms with van der Waals surface area (Å²) in [6.07, 6.45) is -1.65. The van der Waals surface area contributed by atoms with E-state index in [0.717, 1.165) is 0 Å². The van der Waals surface area contributed by atoms with Gasteiger partial charge in [-0.05, 0) is 90.1 Å². The monoisotopic (exact) mass is 1080 g/mol. The van der Waals surface area contributed by atoms with E-state index in [2.05, 4.69) is 25.5 Å². The van der Waals surface area contributed by atoms with E-state index in [0.29, 0.717) is 27.8 Å². The Morgan fingerprint density at radius 1 is 0.597 bits per heavy atom. The Bertz CT molecular complexity index is 2700. The highest BCUT2D eigenvalue weighted by Gasteiger charge is 2.34. The van der Waals surface area contributed by atoms with Crippen LogP contribution in [0.15, 0.2) is 97.1 Å². The van der Waals surface area contributed by atoms with Gasteiger partial charge in [-0.2, -0.15) is 0 Å². The number of hydrogen-bond acceptors (Lipinski definition) is 13. The first-order chi connectivity index (χ1) is 31.0. The van der Waals surface area contributed by atoms with Gasteiger partial charge < -0.3 is 35.1 Å². The average Bonchev–Trinajstić information content (AvgIpc) is 3.88. The van der Waals surface area contributed by atoms with Crippen molar-refractivity contribution in [3.05, 3.63) is 130 Å². The van der Waals surface area contributed by atoms with Gasteiger partial charge in [-0.25, -0.2) is 33.7 Å². The fraction of sp³-hybridized carbons (Fsp3) is 0.238. The molecule has 6 rings (SSSR count). The second-order valence-corrected chi connectivity index (χ2v) is 20.6. The van der Waals surface area contributed by atoms with Crippen molar-refractivity contribution in [1.82, 2.24) is 29.5 Å². The minimum atomic E-state index is -1.93. The molecule has 0 fully saturated rings. The van der Waals surface area contributed by atoms with Crippen LogP contribution in [0.5, 0.6) is 11.5 Å². The molecule has 4 aromatic carbocycles. The molecule has 0 bridgehead atoms. The van der Waals surface area contributed by atoms with Crippen molar-refractivity contribution in [2.24, 2.45) is 0 Å². The maximum Gasteiger partial charge on any atom is 0.514 e. The van der Waals surface area contributed by atoms with Crippen molar-refractivity contribution >= 4 is 128 Å². The number of benzene rings is 4. The smallest absolute Gasteiger partial charge is 0.475 e. The summed E-state index contributed by atoms with van der Waals surface area (Å²) in [6, 6.07) is 26.3. The summed E-state index contributed by atoms with van der Waals surface area (Å²) in [5.41, 5.74) is 5.98. The van der Waals surface area contributed by atoms with E-state index in [9.17, 15) is 19.2 Å². The number of nitrogen functional groups attached to an aromatic ring is 1. The lowest BCUT2D eigenvalue weighted by molar-refractivity contribution is 0.0193. The van der Waals surface area contributed by atoms with Crippen LogP contribution < -0.4 is 20.5 Å². The van der Waals surface area contributed by atoms with E-state index in [1.54, 1.807) is 114 Å². The molecule has 1 amide bonds. The highest BCUT2D eigenvalue weighted by atomic mass is 35.6. The minimum Gasteiger partial charge on any atom is -0.475 e. The number of carbonyl (C=O) groups excluding carboxylic acids is 3. The number of halogens is 8. The van der Waals surface area contributed by atoms with E-state index in [1.165, 1.54) is 33.6 Å². The number of carboxylic acids is 1. The van der Waals surface area contributed by atoms with Gasteiger partial charge in [-0.1, -0.05) is 129 Å². The van der Waals surface area contributed by atoms with Crippen molar-refractivity contribution in [2.45, 2.75) is 60.3 Å². The van der Waals surface area contributed by atoms with Crippen molar-refractivity contribution in [3.63, 3.8) is 0 Å². The number of ether oxygens (including phenoxy) is 4. The fourth-order valence-electron chi connectivity index (χ4n) is 4.82. The predicted octanol–water partition coefficient (Wildman–Crippen LogP) is 12.3. The van der Waals surface area contributed by atoms with Crippen LogP contribution in [0.3, 0.4) is 0 Å². The molecule has 0 aliphatic rings. The molecule has 2 heterocycles. The number of nitrogens with zero attached hydrogens (tertiary/aromatic N) is 6. The molecule has 0 unspecified atom stereocenters. The quantitative estimate of drug-likeness (QED) is 0.0585. The number of alkyl halides is 6. The molecule has 67 heavy (non-hydrogen) atoms. The van der Waals surface area contributed by atoms with E-state index in [4.69, 9.17) is 123 Å². The summed E-state index contributed by atoms with van der Waals surface area (Å²) < 4.78 is 18.7. The molecule has 0 saturated carbocycles. The molecule has 2 aromatic heterocycles. The number of amides is 1. The predicted molar refractivity (Wildman–Crippen MR) is 257 cm³/mol. The van der Waals surface area contributed by atoms with Gasteiger partial charge in [0.05, 0.1) is 32.8 Å². The first-order valence-electron chi connectivity index (χ1n) is 18.9. The van der Waals surface area contributed by atoms with Gasteiger partial charge in [-0.15, -0.1) is 10.2 Å². The van der Waals surface area contributed by atoms with E-state index >= 15 is 0 Å². The lowest BCUT2D eigenvalue weighted by Crippen LogP contribution is -2.26. The van der Waals surface area contributed by atoms with Gasteiger partial charge in [0, 0.05) is 12.1 Å². The van der Waals surface area contributed by atoms with Gasteiger partial charge in [0.1, 0.15) is 22.7 Å². The second-order valence-electron chi connectivity index (χ2n) is 15.2. The lowest BCUT2D eigenvalue weighted by atomic mass is 10.2. The zero-order chi connectivity index (χ0) is 50.1. The molecule has 0 radical (unpaired) electrons. The highest BCUT2D eigenvalue weighted by molar-refractivity contribution is 6.67. The van der Waals surface area contributed by atoms with Crippen LogP contribution >= 0.6 is 92.8 Å². The maximum atomic E-state index is 12.8. The number of carbonyl (C=O) groups is 4. The first kappa shape index (κ1) is 54.4. The van der Waals surface area contributed by atoms with Gasteiger partial charge in [-0.3, -0.25) is 4.79 Å². The number of aromatic carboxylic acids is 1. The van der Waals surface area contributed by atoms with Crippen LogP contribution in [0.4, 0.5) is 21.0 Å². The third-order valence-corrected chi connectivity index (χ3v) is 9.11. The summed E-state index contributed by atoms with van der Waals surface area (Å²) in [7, 11) is 0. The van der Waals surface area contributed by atoms with Crippen LogP contribution in [0.2, 0.25) is 10.0 Å². The lowest BCUT2D eigenvalue weighted by Gasteiger charge is -2.18. The summed E-state index contributed by atoms with van der Waals surface area (Å²) in [4.78, 5) is 54.5. The topological polar surface area (TPSA) is 225 Å². The summed E-state index contributed by atoms with van der Waals surface area (Å²) >= 11 is 47.3. The number of anilines is 2. The number of rotatable bonds is 7. The molecule has 4 N–H and O–H groups in total. The summed E-state index contributed by atoms with van der Waals surface area (Å²) in [5, 5.41) is 19.9. The molecule has 17 nitrogen and oxygen atoms in total. The minimum absolute atomic E-state index is 0.0592. The van der Waals surface area contributed by atoms with E-state index in [1.807, 2.05) is 0 Å². The third kappa shape index (κ3) is 17.1. The molecule has 0 aliphatic carbocycles. The molecule has 0 atom stereocenters. The van der Waals surface area contributed by atoms with E-state index < -0.39 is 48.8 Å². The number of nitrogens with two attached hydrogens (primary N) is 1. The molecule has 6 aromatic rings. The Hall–Kier alpha value is -5.24. The normalized spacial score (nSPS) is 11.5. The van der Waals surface area contributed by atoms with Gasteiger partial charge in [0.25, 0.3) is 11.7 Å². The largest absolute Gasteiger partial charge is 0.514 e. The molecule has 25 heteroatoms. The van der Waals surface area contributed by atoms with Crippen LogP contribution in [-0.2, 0) is 17.1 Å². The molecule has 0 spiro atoms. The van der Waals surface area contributed by atoms with Crippen molar-refractivity contribution < 1.29 is 43.2 Å². The van der Waals surface area contributed by atoms with Crippen LogP contribution in [0, 0.1) is 0 Å². The summed E-state index contributed by atoms with van der Waals surface area (Å²) in [6.45, 7) is 10.4. The first-order valence-corrected chi connectivity index (χ1v) is 21.9. The van der Waals surface area contributed by atoms with Crippen molar-refractivity contribution in [3.8, 4) is 22.9 Å². The zero-order valence-electron chi connectivity index (χ0n) is 35.7. The van der Waals surface area contributed by atoms with Crippen LogP contribution in [0.1, 0.15) is 74.4 Å². The molecule has 0 aliphatic heterocycles. The van der Waals surface area contributed by atoms with Crippen molar-refractivity contribution in [1.29, 1.82) is 0 Å². The van der Waals surface area contributed by atoms with Gasteiger partial charge in [0.2, 0.25) is 13.4 Å². The number of para-hydroxylation sites is 2. The molecule has 0 saturated heterocycles. The fourth-order valence-corrected chi connectivity index (χ4v) is 5.94. The number of hydrogen-bond donors (Lipinski definition) is 3. The maximum absolute atomic E-state index is 12.8. The Labute approximate surface area is 423 Å². The van der Waals surface area contributed by atoms with Crippen LogP contribution in [-0.4, -0.2) is 70.0 Å². The molecular weight excluding hydrogens is 1040 g/mol. The Morgan fingerprint density at radius 3 is 1.39 bits per heavy atom. The van der Waals surface area contributed by atoms with Crippen molar-refractivity contribution in [2.75, 3.05) is 11.1 Å². The third-order valence-electron chi connectivity index (χ3n) is 7.46. The second kappa shape index (κ2) is 22.7. The average molecular weight is 1080 g/mol. The Kier molecular flexibility index (Phi) is 18.4. The standard InChI is InChI=1S/C21H18Cl4N4O4.C11H14ClNO3.C10H6Cl3N3O2/c1-20(2,3)33-19(31)32-13-9-10-15(14(22)11-13)26-17(30)16-27-18(21(23,24)25)29(28-16)12-7-5-4-6-8-12;1-11(2,3)16-10(14)15-7-4-5-9(13)8(12)6-7;11-10(12,13)9-14-7(8(17)18)15-16(9)6-4-2-1-3-5-6/h4-11H,1-3H3,(H,26,30);4-6H,13H2,1-3H3;1-5H,(H,17,18). The van der Waals surface area contributed by atoms with Gasteiger partial charge >= 0.3 is 18.3 Å². The molecular formula is C42H38Cl8N8O9. The SMILES string of the molecule is CC(C)(C)OC(=O)Oc1ccc(N)c(Cl)c1.CC(C)(C)OC(=O)Oc1ccc(NC(=O)c2nc(C(Cl)(Cl)Cl)n(-c3ccccc3)n2)c(Cl)c1.O=C(O)c1nc(C(Cl)(Cl)Cl)n(-c2ccccc2)n1. The number of nitrogens with one attached hydrogen (secondary N) is 1.